The Morgan fingerprint density at radius 3 is 2.50 bits per heavy atom. The lowest BCUT2D eigenvalue weighted by Crippen LogP contribution is -2.39. The number of para-hydroxylation sites is 1. The van der Waals surface area contributed by atoms with E-state index < -0.39 is 10.0 Å². The van der Waals surface area contributed by atoms with Gasteiger partial charge in [0.2, 0.25) is 15.9 Å². The van der Waals surface area contributed by atoms with Crippen molar-refractivity contribution in [2.75, 3.05) is 23.7 Å². The standard InChI is InChI=1S/C18H30N2O3S/c1-6-7-11-17(21)19-12-13-20(24(5,22)23)18-15(4)9-8-10-16(18)14(2)3/h8-10,14H,6-7,11-13H2,1-5H3,(H,19,21). The Morgan fingerprint density at radius 1 is 1.29 bits per heavy atom. The molecule has 0 spiro atoms. The molecule has 0 aliphatic heterocycles. The first-order valence-corrected chi connectivity index (χ1v) is 10.4. The molecular formula is C18H30N2O3S. The zero-order chi connectivity index (χ0) is 18.3. The lowest BCUT2D eigenvalue weighted by atomic mass is 9.98. The van der Waals surface area contributed by atoms with Gasteiger partial charge in [-0.1, -0.05) is 45.4 Å². The fourth-order valence-corrected chi connectivity index (χ4v) is 3.66. The minimum absolute atomic E-state index is 0.0285. The molecule has 0 atom stereocenters. The summed E-state index contributed by atoms with van der Waals surface area (Å²) in [5.74, 6) is 0.183. The number of carbonyl (C=O) groups excluding carboxylic acids is 1. The van der Waals surface area contributed by atoms with Gasteiger partial charge in [-0.05, 0) is 30.4 Å². The van der Waals surface area contributed by atoms with Gasteiger partial charge in [0.1, 0.15) is 0 Å². The van der Waals surface area contributed by atoms with E-state index in [4.69, 9.17) is 0 Å². The number of amides is 1. The van der Waals surface area contributed by atoms with Gasteiger partial charge < -0.3 is 5.32 Å². The average Bonchev–Trinajstić information content (AvgIpc) is 2.48. The number of anilines is 1. The Morgan fingerprint density at radius 2 is 1.96 bits per heavy atom. The van der Waals surface area contributed by atoms with E-state index in [0.717, 1.165) is 29.7 Å². The lowest BCUT2D eigenvalue weighted by molar-refractivity contribution is -0.121. The van der Waals surface area contributed by atoms with Crippen molar-refractivity contribution >= 4 is 21.6 Å². The molecule has 1 rings (SSSR count). The minimum Gasteiger partial charge on any atom is -0.354 e. The van der Waals surface area contributed by atoms with Crippen LogP contribution in [-0.2, 0) is 14.8 Å². The summed E-state index contributed by atoms with van der Waals surface area (Å²) in [7, 11) is -3.43. The highest BCUT2D eigenvalue weighted by atomic mass is 32.2. The first-order valence-electron chi connectivity index (χ1n) is 8.52. The summed E-state index contributed by atoms with van der Waals surface area (Å²) in [6.45, 7) is 8.59. The first kappa shape index (κ1) is 20.5. The molecule has 0 saturated carbocycles. The third-order valence-corrected chi connectivity index (χ3v) is 5.10. The predicted molar refractivity (Wildman–Crippen MR) is 100.0 cm³/mol. The molecule has 24 heavy (non-hydrogen) atoms. The van der Waals surface area contributed by atoms with Gasteiger partial charge in [-0.3, -0.25) is 9.10 Å². The zero-order valence-corrected chi connectivity index (χ0v) is 16.2. The van der Waals surface area contributed by atoms with Crippen molar-refractivity contribution in [3.05, 3.63) is 29.3 Å². The van der Waals surface area contributed by atoms with E-state index in [0.29, 0.717) is 13.0 Å². The molecule has 5 nitrogen and oxygen atoms in total. The lowest BCUT2D eigenvalue weighted by Gasteiger charge is -2.28. The highest BCUT2D eigenvalue weighted by Crippen LogP contribution is 2.32. The highest BCUT2D eigenvalue weighted by Gasteiger charge is 2.23. The van der Waals surface area contributed by atoms with Crippen molar-refractivity contribution in [1.29, 1.82) is 0 Å². The molecule has 0 bridgehead atoms. The SMILES string of the molecule is CCCCC(=O)NCCN(c1c(C)cccc1C(C)C)S(C)(=O)=O. The van der Waals surface area contributed by atoms with Gasteiger partial charge in [0, 0.05) is 13.0 Å². The van der Waals surface area contributed by atoms with Gasteiger partial charge in [0.15, 0.2) is 0 Å². The van der Waals surface area contributed by atoms with Gasteiger partial charge >= 0.3 is 0 Å². The third kappa shape index (κ3) is 5.82. The van der Waals surface area contributed by atoms with Crippen LogP contribution >= 0.6 is 0 Å². The summed E-state index contributed by atoms with van der Waals surface area (Å²) in [6, 6.07) is 5.82. The Hall–Kier alpha value is -1.56. The van der Waals surface area contributed by atoms with E-state index >= 15 is 0 Å². The smallest absolute Gasteiger partial charge is 0.232 e. The van der Waals surface area contributed by atoms with E-state index in [1.54, 1.807) is 0 Å². The maximum Gasteiger partial charge on any atom is 0.232 e. The molecule has 0 fully saturated rings. The summed E-state index contributed by atoms with van der Waals surface area (Å²) in [5.41, 5.74) is 2.65. The Kier molecular flexibility index (Phi) is 7.73. The molecule has 0 aromatic heterocycles. The topological polar surface area (TPSA) is 66.5 Å². The number of sulfonamides is 1. The zero-order valence-electron chi connectivity index (χ0n) is 15.4. The fourth-order valence-electron chi connectivity index (χ4n) is 2.65. The second-order valence-electron chi connectivity index (χ2n) is 6.46. The molecule has 0 aliphatic rings. The molecule has 1 aromatic rings. The molecule has 1 amide bonds. The van der Waals surface area contributed by atoms with Crippen molar-refractivity contribution in [3.63, 3.8) is 0 Å². The number of carbonyl (C=O) groups is 1. The number of nitrogens with one attached hydrogen (secondary N) is 1. The maximum absolute atomic E-state index is 12.3. The van der Waals surface area contributed by atoms with Crippen molar-refractivity contribution in [3.8, 4) is 0 Å². The number of hydrogen-bond acceptors (Lipinski definition) is 3. The fraction of sp³-hybridized carbons (Fsp3) is 0.611. The van der Waals surface area contributed by atoms with Crippen LogP contribution in [0.3, 0.4) is 0 Å². The Labute approximate surface area is 146 Å². The van der Waals surface area contributed by atoms with E-state index in [-0.39, 0.29) is 18.4 Å². The van der Waals surface area contributed by atoms with Crippen molar-refractivity contribution < 1.29 is 13.2 Å². The van der Waals surface area contributed by atoms with Gasteiger partial charge in [0.05, 0.1) is 18.5 Å². The van der Waals surface area contributed by atoms with E-state index in [1.165, 1.54) is 10.6 Å². The third-order valence-electron chi connectivity index (χ3n) is 3.94. The molecule has 6 heteroatoms. The van der Waals surface area contributed by atoms with Crippen LogP contribution in [0.2, 0.25) is 0 Å². The van der Waals surface area contributed by atoms with Crippen LogP contribution in [-0.4, -0.2) is 33.7 Å². The van der Waals surface area contributed by atoms with Gasteiger partial charge in [-0.2, -0.15) is 0 Å². The number of nitrogens with zero attached hydrogens (tertiary/aromatic N) is 1. The average molecular weight is 355 g/mol. The molecule has 0 saturated heterocycles. The number of aryl methyl sites for hydroxylation is 1. The monoisotopic (exact) mass is 354 g/mol. The van der Waals surface area contributed by atoms with Crippen molar-refractivity contribution in [2.24, 2.45) is 0 Å². The van der Waals surface area contributed by atoms with Gasteiger partial charge in [0.25, 0.3) is 0 Å². The summed E-state index contributed by atoms with van der Waals surface area (Å²) >= 11 is 0. The Balaban J connectivity index is 2.99. The quantitative estimate of drug-likeness (QED) is 0.740. The number of hydrogen-bond donors (Lipinski definition) is 1. The molecule has 1 N–H and O–H groups in total. The molecular weight excluding hydrogens is 324 g/mol. The van der Waals surface area contributed by atoms with Crippen LogP contribution in [0.25, 0.3) is 0 Å². The summed E-state index contributed by atoms with van der Waals surface area (Å²) in [4.78, 5) is 11.7. The van der Waals surface area contributed by atoms with Crippen molar-refractivity contribution in [2.45, 2.75) is 52.9 Å². The predicted octanol–water partition coefficient (Wildman–Crippen LogP) is 3.19. The molecule has 0 radical (unpaired) electrons. The van der Waals surface area contributed by atoms with Crippen LogP contribution < -0.4 is 9.62 Å². The summed E-state index contributed by atoms with van der Waals surface area (Å²) in [6.07, 6.45) is 3.50. The van der Waals surface area contributed by atoms with Crippen LogP contribution in [0.15, 0.2) is 18.2 Å². The molecule has 0 heterocycles. The van der Waals surface area contributed by atoms with Crippen LogP contribution in [0.5, 0.6) is 0 Å². The highest BCUT2D eigenvalue weighted by molar-refractivity contribution is 7.92. The van der Waals surface area contributed by atoms with E-state index in [9.17, 15) is 13.2 Å². The minimum atomic E-state index is -3.43. The van der Waals surface area contributed by atoms with E-state index in [1.807, 2.05) is 45.9 Å². The molecule has 136 valence electrons. The molecule has 0 aliphatic carbocycles. The summed E-state index contributed by atoms with van der Waals surface area (Å²) in [5, 5.41) is 2.81. The molecule has 0 unspecified atom stereocenters. The molecule has 1 aromatic carbocycles. The normalized spacial score (nSPS) is 11.6. The van der Waals surface area contributed by atoms with Crippen LogP contribution in [0.4, 0.5) is 5.69 Å². The number of rotatable bonds is 9. The van der Waals surface area contributed by atoms with Crippen LogP contribution in [0, 0.1) is 6.92 Å². The summed E-state index contributed by atoms with van der Waals surface area (Å²) < 4.78 is 26.1. The first-order chi connectivity index (χ1) is 11.2. The van der Waals surface area contributed by atoms with Gasteiger partial charge in [-0.25, -0.2) is 8.42 Å². The second-order valence-corrected chi connectivity index (χ2v) is 8.36. The number of unbranched alkanes of at least 4 members (excludes halogenated alkanes) is 1. The van der Waals surface area contributed by atoms with Crippen LogP contribution in [0.1, 0.15) is 57.1 Å². The number of benzene rings is 1. The second kappa shape index (κ2) is 9.06. The maximum atomic E-state index is 12.3. The van der Waals surface area contributed by atoms with Crippen molar-refractivity contribution in [1.82, 2.24) is 5.32 Å². The van der Waals surface area contributed by atoms with Gasteiger partial charge in [-0.15, -0.1) is 0 Å². The Bertz CT molecular complexity index is 654. The largest absolute Gasteiger partial charge is 0.354 e. The van der Waals surface area contributed by atoms with E-state index in [2.05, 4.69) is 5.32 Å².